The Kier molecular flexibility index (Phi) is 3.54. The molecule has 0 saturated carbocycles. The third kappa shape index (κ3) is 2.59. The van der Waals surface area contributed by atoms with Crippen molar-refractivity contribution >= 4 is 0 Å². The first-order chi connectivity index (χ1) is 10.8. The van der Waals surface area contributed by atoms with Gasteiger partial charge in [0.05, 0.1) is 5.69 Å². The van der Waals surface area contributed by atoms with Crippen LogP contribution in [0, 0.1) is 12.8 Å². The average Bonchev–Trinajstić information content (AvgIpc) is 3.00. The molecule has 1 aromatic heterocycles. The van der Waals surface area contributed by atoms with E-state index in [4.69, 9.17) is 4.74 Å². The number of nitrogens with zero attached hydrogens (tertiary/aromatic N) is 5. The third-order valence-corrected chi connectivity index (χ3v) is 4.90. The minimum atomic E-state index is 0.575. The van der Waals surface area contributed by atoms with Gasteiger partial charge in [0.2, 0.25) is 0 Å². The molecule has 1 unspecified atom stereocenters. The number of ether oxygens (including phenoxy) is 1. The van der Waals surface area contributed by atoms with Gasteiger partial charge >= 0.3 is 0 Å². The first-order valence-corrected chi connectivity index (χ1v) is 8.02. The number of hydrogen-bond donors (Lipinski definition) is 0. The van der Waals surface area contributed by atoms with E-state index in [-0.39, 0.29) is 0 Å². The smallest absolute Gasteiger partial charge is 0.153 e. The van der Waals surface area contributed by atoms with Crippen LogP contribution in [0.1, 0.15) is 25.1 Å². The quantitative estimate of drug-likeness (QED) is 0.862. The summed E-state index contributed by atoms with van der Waals surface area (Å²) in [5, 5.41) is 11.6. The molecule has 116 valence electrons. The van der Waals surface area contributed by atoms with Gasteiger partial charge in [-0.2, -0.15) is 4.68 Å². The number of aromatic nitrogens is 4. The number of hydrogen-bond acceptors (Lipinski definition) is 5. The predicted octanol–water partition coefficient (Wildman–Crippen LogP) is 1.83. The average molecular weight is 299 g/mol. The van der Waals surface area contributed by atoms with Gasteiger partial charge in [0.25, 0.3) is 0 Å². The Morgan fingerprint density at radius 3 is 2.82 bits per heavy atom. The molecule has 2 bridgehead atoms. The topological polar surface area (TPSA) is 56.1 Å². The van der Waals surface area contributed by atoms with Crippen molar-refractivity contribution in [2.75, 3.05) is 19.7 Å². The molecule has 6 nitrogen and oxygen atoms in total. The number of fused-ring (bicyclic) bond motifs is 3. The SMILES string of the molecule is Cc1nnnn1-c1cccc(OCC2CC3CCN2CC3)c1. The summed E-state index contributed by atoms with van der Waals surface area (Å²) in [5.74, 6) is 2.57. The van der Waals surface area contributed by atoms with Crippen molar-refractivity contribution in [3.8, 4) is 11.4 Å². The molecular weight excluding hydrogens is 278 g/mol. The summed E-state index contributed by atoms with van der Waals surface area (Å²) in [5.41, 5.74) is 0.936. The van der Waals surface area contributed by atoms with Crippen molar-refractivity contribution in [2.24, 2.45) is 5.92 Å². The Morgan fingerprint density at radius 1 is 1.27 bits per heavy atom. The molecule has 2 aromatic rings. The predicted molar refractivity (Wildman–Crippen MR) is 82.1 cm³/mol. The molecular formula is C16H21N5O. The van der Waals surface area contributed by atoms with Crippen LogP contribution in [-0.2, 0) is 0 Å². The van der Waals surface area contributed by atoms with E-state index in [0.717, 1.165) is 29.8 Å². The van der Waals surface area contributed by atoms with E-state index in [0.29, 0.717) is 6.04 Å². The van der Waals surface area contributed by atoms with Crippen molar-refractivity contribution in [3.05, 3.63) is 30.1 Å². The normalized spacial score (nSPS) is 27.0. The second-order valence-electron chi connectivity index (χ2n) is 6.32. The molecule has 1 aromatic carbocycles. The Morgan fingerprint density at radius 2 is 2.14 bits per heavy atom. The third-order valence-electron chi connectivity index (χ3n) is 4.90. The van der Waals surface area contributed by atoms with Gasteiger partial charge in [-0.15, -0.1) is 5.10 Å². The number of aryl methyl sites for hydroxylation is 1. The minimum Gasteiger partial charge on any atom is -0.492 e. The molecule has 0 spiro atoms. The molecule has 0 N–H and O–H groups in total. The summed E-state index contributed by atoms with van der Waals surface area (Å²) in [6.07, 6.45) is 4.01. The summed E-state index contributed by atoms with van der Waals surface area (Å²) >= 11 is 0. The van der Waals surface area contributed by atoms with Crippen LogP contribution >= 0.6 is 0 Å². The second kappa shape index (κ2) is 5.68. The number of piperidine rings is 3. The standard InChI is InChI=1S/C16H21N5O/c1-12-17-18-19-21(12)14-3-2-4-16(10-14)22-11-15-9-13-5-7-20(15)8-6-13/h2-4,10,13,15H,5-9,11H2,1H3. The van der Waals surface area contributed by atoms with Gasteiger partial charge in [-0.05, 0) is 67.8 Å². The van der Waals surface area contributed by atoms with Crippen molar-refractivity contribution in [1.29, 1.82) is 0 Å². The van der Waals surface area contributed by atoms with Crippen LogP contribution < -0.4 is 4.74 Å². The highest BCUT2D eigenvalue weighted by atomic mass is 16.5. The molecule has 0 amide bonds. The van der Waals surface area contributed by atoms with Gasteiger partial charge < -0.3 is 4.74 Å². The summed E-state index contributed by atoms with van der Waals surface area (Å²) in [4.78, 5) is 2.58. The van der Waals surface area contributed by atoms with Crippen molar-refractivity contribution < 1.29 is 4.74 Å². The van der Waals surface area contributed by atoms with Crippen LogP contribution in [0.3, 0.4) is 0 Å². The first kappa shape index (κ1) is 13.7. The van der Waals surface area contributed by atoms with E-state index in [1.54, 1.807) is 4.68 Å². The largest absolute Gasteiger partial charge is 0.492 e. The van der Waals surface area contributed by atoms with Gasteiger partial charge in [0, 0.05) is 12.1 Å². The van der Waals surface area contributed by atoms with Crippen molar-refractivity contribution in [3.63, 3.8) is 0 Å². The van der Waals surface area contributed by atoms with E-state index in [2.05, 4.69) is 20.4 Å². The fraction of sp³-hybridized carbons (Fsp3) is 0.562. The lowest BCUT2D eigenvalue weighted by Crippen LogP contribution is -2.51. The van der Waals surface area contributed by atoms with Crippen LogP contribution in [0.2, 0.25) is 0 Å². The summed E-state index contributed by atoms with van der Waals surface area (Å²) in [6, 6.07) is 8.55. The summed E-state index contributed by atoms with van der Waals surface area (Å²) in [6.45, 7) is 5.14. The summed E-state index contributed by atoms with van der Waals surface area (Å²) in [7, 11) is 0. The Balaban J connectivity index is 1.44. The molecule has 3 aliphatic rings. The zero-order valence-corrected chi connectivity index (χ0v) is 12.9. The first-order valence-electron chi connectivity index (χ1n) is 8.02. The van der Waals surface area contributed by atoms with Crippen LogP contribution in [-0.4, -0.2) is 50.8 Å². The van der Waals surface area contributed by atoms with Crippen molar-refractivity contribution in [1.82, 2.24) is 25.1 Å². The van der Waals surface area contributed by atoms with Crippen molar-refractivity contribution in [2.45, 2.75) is 32.2 Å². The molecule has 3 fully saturated rings. The van der Waals surface area contributed by atoms with Crippen LogP contribution in [0.5, 0.6) is 5.75 Å². The highest BCUT2D eigenvalue weighted by Gasteiger charge is 2.33. The van der Waals surface area contributed by atoms with Crippen LogP contribution in [0.15, 0.2) is 24.3 Å². The molecule has 1 atom stereocenters. The molecule has 3 saturated heterocycles. The van der Waals surface area contributed by atoms with Gasteiger partial charge in [0.1, 0.15) is 12.4 Å². The van der Waals surface area contributed by atoms with E-state index >= 15 is 0 Å². The molecule has 22 heavy (non-hydrogen) atoms. The lowest BCUT2D eigenvalue weighted by Gasteiger charge is -2.45. The van der Waals surface area contributed by atoms with E-state index < -0.39 is 0 Å². The molecule has 0 radical (unpaired) electrons. The maximum Gasteiger partial charge on any atom is 0.153 e. The second-order valence-corrected chi connectivity index (χ2v) is 6.32. The van der Waals surface area contributed by atoms with Gasteiger partial charge in [-0.25, -0.2) is 0 Å². The zero-order chi connectivity index (χ0) is 14.9. The Bertz CT molecular complexity index is 647. The van der Waals surface area contributed by atoms with E-state index in [9.17, 15) is 0 Å². The zero-order valence-electron chi connectivity index (χ0n) is 12.9. The lowest BCUT2D eigenvalue weighted by molar-refractivity contribution is 0.0238. The molecule has 5 rings (SSSR count). The van der Waals surface area contributed by atoms with Gasteiger partial charge in [-0.1, -0.05) is 6.07 Å². The minimum absolute atomic E-state index is 0.575. The van der Waals surface area contributed by atoms with E-state index in [1.165, 1.54) is 32.4 Å². The maximum atomic E-state index is 6.05. The lowest BCUT2D eigenvalue weighted by atomic mass is 9.83. The Labute approximate surface area is 130 Å². The van der Waals surface area contributed by atoms with Gasteiger partial charge in [0.15, 0.2) is 5.82 Å². The molecule has 3 aliphatic heterocycles. The number of benzene rings is 1. The fourth-order valence-corrected chi connectivity index (χ4v) is 3.63. The molecule has 4 heterocycles. The van der Waals surface area contributed by atoms with Crippen LogP contribution in [0.25, 0.3) is 5.69 Å². The number of rotatable bonds is 4. The fourth-order valence-electron chi connectivity index (χ4n) is 3.63. The van der Waals surface area contributed by atoms with E-state index in [1.807, 2.05) is 31.2 Å². The number of tetrazole rings is 1. The van der Waals surface area contributed by atoms with Gasteiger partial charge in [-0.3, -0.25) is 4.90 Å². The molecule has 6 heteroatoms. The van der Waals surface area contributed by atoms with Crippen LogP contribution in [0.4, 0.5) is 0 Å². The molecule has 0 aliphatic carbocycles. The highest BCUT2D eigenvalue weighted by Crippen LogP contribution is 2.32. The monoisotopic (exact) mass is 299 g/mol. The Hall–Kier alpha value is -1.95. The summed E-state index contributed by atoms with van der Waals surface area (Å²) < 4.78 is 7.77. The maximum absolute atomic E-state index is 6.05. The highest BCUT2D eigenvalue weighted by molar-refractivity contribution is 5.38.